The van der Waals surface area contributed by atoms with Gasteiger partial charge in [0, 0.05) is 0 Å². The number of hydrogen-bond acceptors (Lipinski definition) is 3. The van der Waals surface area contributed by atoms with Crippen LogP contribution in [0.25, 0.3) is 0 Å². The minimum absolute atomic E-state index is 0.666. The van der Waals surface area contributed by atoms with Gasteiger partial charge in [-0.2, -0.15) is 0 Å². The molecule has 1 aliphatic rings. The number of aliphatic carboxylic acids is 1. The van der Waals surface area contributed by atoms with Crippen molar-refractivity contribution < 1.29 is 9.90 Å². The summed E-state index contributed by atoms with van der Waals surface area (Å²) in [7, 11) is 1.66. The summed E-state index contributed by atoms with van der Waals surface area (Å²) in [5.41, 5.74) is -0.847. The number of carboxylic acids is 1. The lowest BCUT2D eigenvalue weighted by Gasteiger charge is -2.22. The zero-order valence-electron chi connectivity index (χ0n) is 5.98. The summed E-state index contributed by atoms with van der Waals surface area (Å²) in [6.45, 7) is 0.785. The maximum atomic E-state index is 10.6. The van der Waals surface area contributed by atoms with Crippen LogP contribution in [0.15, 0.2) is 0 Å². The minimum Gasteiger partial charge on any atom is -0.479 e. The molecule has 1 rings (SSSR count). The number of nitrogens with one attached hydrogen (secondary N) is 2. The molecule has 0 aliphatic carbocycles. The van der Waals surface area contributed by atoms with Crippen molar-refractivity contribution in [3.8, 4) is 0 Å². The second-order valence-electron chi connectivity index (χ2n) is 2.49. The molecule has 1 heterocycles. The SMILES string of the molecule is CN[C@@]1(C(=O)O)CCCN1. The molecule has 0 radical (unpaired) electrons. The van der Waals surface area contributed by atoms with E-state index >= 15 is 0 Å². The Morgan fingerprint density at radius 1 is 1.80 bits per heavy atom. The zero-order chi connectivity index (χ0) is 7.61. The van der Waals surface area contributed by atoms with Gasteiger partial charge in [0.25, 0.3) is 0 Å². The van der Waals surface area contributed by atoms with Crippen molar-refractivity contribution in [2.45, 2.75) is 18.5 Å². The predicted molar refractivity (Wildman–Crippen MR) is 36.7 cm³/mol. The lowest BCUT2D eigenvalue weighted by molar-refractivity contribution is -0.145. The standard InChI is InChI=1S/C6H12N2O2/c1-7-6(5(9)10)3-2-4-8-6/h7-8H,2-4H2,1H3,(H,9,10)/t6-/m0/s1. The van der Waals surface area contributed by atoms with Crippen LogP contribution >= 0.6 is 0 Å². The smallest absolute Gasteiger partial charge is 0.338 e. The molecule has 1 aliphatic heterocycles. The van der Waals surface area contributed by atoms with Crippen molar-refractivity contribution in [2.24, 2.45) is 0 Å². The van der Waals surface area contributed by atoms with Crippen molar-refractivity contribution in [1.29, 1.82) is 0 Å². The van der Waals surface area contributed by atoms with Crippen LogP contribution in [0.1, 0.15) is 12.8 Å². The van der Waals surface area contributed by atoms with Crippen LogP contribution in [0.4, 0.5) is 0 Å². The van der Waals surface area contributed by atoms with Gasteiger partial charge in [-0.05, 0) is 26.4 Å². The largest absolute Gasteiger partial charge is 0.479 e. The first-order valence-corrected chi connectivity index (χ1v) is 3.38. The Balaban J connectivity index is 2.67. The Hall–Kier alpha value is -0.610. The van der Waals surface area contributed by atoms with E-state index in [-0.39, 0.29) is 0 Å². The highest BCUT2D eigenvalue weighted by Gasteiger charge is 2.39. The van der Waals surface area contributed by atoms with Crippen LogP contribution in [0, 0.1) is 0 Å². The highest BCUT2D eigenvalue weighted by Crippen LogP contribution is 2.15. The maximum absolute atomic E-state index is 10.6. The second kappa shape index (κ2) is 2.56. The fourth-order valence-corrected chi connectivity index (χ4v) is 1.25. The Kier molecular flexibility index (Phi) is 1.92. The average molecular weight is 144 g/mol. The first-order chi connectivity index (χ1) is 4.71. The molecule has 0 aromatic rings. The molecular weight excluding hydrogens is 132 g/mol. The highest BCUT2D eigenvalue weighted by atomic mass is 16.4. The van der Waals surface area contributed by atoms with Crippen molar-refractivity contribution in [3.63, 3.8) is 0 Å². The van der Waals surface area contributed by atoms with E-state index in [1.54, 1.807) is 7.05 Å². The van der Waals surface area contributed by atoms with E-state index in [1.165, 1.54) is 0 Å². The van der Waals surface area contributed by atoms with E-state index < -0.39 is 11.6 Å². The number of rotatable bonds is 2. The minimum atomic E-state index is -0.847. The van der Waals surface area contributed by atoms with Crippen molar-refractivity contribution in [2.75, 3.05) is 13.6 Å². The highest BCUT2D eigenvalue weighted by molar-refractivity contribution is 5.78. The van der Waals surface area contributed by atoms with Crippen molar-refractivity contribution >= 4 is 5.97 Å². The Morgan fingerprint density at radius 2 is 2.50 bits per heavy atom. The quantitative estimate of drug-likeness (QED) is 0.483. The lowest BCUT2D eigenvalue weighted by Crippen LogP contribution is -2.57. The molecule has 58 valence electrons. The molecule has 1 atom stereocenters. The van der Waals surface area contributed by atoms with Gasteiger partial charge in [-0.1, -0.05) is 0 Å². The van der Waals surface area contributed by atoms with Gasteiger partial charge in [0.2, 0.25) is 0 Å². The summed E-state index contributed by atoms with van der Waals surface area (Å²) >= 11 is 0. The van der Waals surface area contributed by atoms with Crippen LogP contribution in [0.5, 0.6) is 0 Å². The van der Waals surface area contributed by atoms with E-state index in [4.69, 9.17) is 5.11 Å². The third-order valence-corrected chi connectivity index (χ3v) is 1.95. The maximum Gasteiger partial charge on any atom is 0.338 e. The Morgan fingerprint density at radius 3 is 2.70 bits per heavy atom. The normalized spacial score (nSPS) is 32.5. The van der Waals surface area contributed by atoms with Gasteiger partial charge in [-0.15, -0.1) is 0 Å². The number of carbonyl (C=O) groups is 1. The van der Waals surface area contributed by atoms with Crippen molar-refractivity contribution in [1.82, 2.24) is 10.6 Å². The second-order valence-corrected chi connectivity index (χ2v) is 2.49. The van der Waals surface area contributed by atoms with Crippen molar-refractivity contribution in [3.05, 3.63) is 0 Å². The Bertz CT molecular complexity index is 141. The molecule has 0 aromatic heterocycles. The number of hydrogen-bond donors (Lipinski definition) is 3. The van der Waals surface area contributed by atoms with E-state index in [9.17, 15) is 4.79 Å². The summed E-state index contributed by atoms with van der Waals surface area (Å²) in [5, 5.41) is 14.4. The molecule has 0 amide bonds. The molecule has 0 unspecified atom stereocenters. The van der Waals surface area contributed by atoms with Crippen LogP contribution in [0.3, 0.4) is 0 Å². The fourth-order valence-electron chi connectivity index (χ4n) is 1.25. The first kappa shape index (κ1) is 7.50. The fraction of sp³-hybridized carbons (Fsp3) is 0.833. The van der Waals surface area contributed by atoms with E-state index in [0.717, 1.165) is 13.0 Å². The monoisotopic (exact) mass is 144 g/mol. The number of carboxylic acid groups (broad SMARTS) is 1. The summed E-state index contributed by atoms with van der Waals surface area (Å²) in [5.74, 6) is -0.812. The summed E-state index contributed by atoms with van der Waals surface area (Å²) in [4.78, 5) is 10.6. The van der Waals surface area contributed by atoms with Gasteiger partial charge in [0.15, 0.2) is 5.66 Å². The molecule has 1 saturated heterocycles. The van der Waals surface area contributed by atoms with Gasteiger partial charge in [0.05, 0.1) is 0 Å². The topological polar surface area (TPSA) is 61.4 Å². The van der Waals surface area contributed by atoms with E-state index in [0.29, 0.717) is 6.42 Å². The van der Waals surface area contributed by atoms with Gasteiger partial charge < -0.3 is 5.11 Å². The summed E-state index contributed by atoms with van der Waals surface area (Å²) in [6, 6.07) is 0. The molecule has 1 fully saturated rings. The molecule has 0 aromatic carbocycles. The molecule has 0 bridgehead atoms. The summed E-state index contributed by atoms with van der Waals surface area (Å²) in [6.07, 6.45) is 1.59. The van der Waals surface area contributed by atoms with Crippen LogP contribution in [-0.4, -0.2) is 30.3 Å². The van der Waals surface area contributed by atoms with Gasteiger partial charge in [-0.25, -0.2) is 4.79 Å². The van der Waals surface area contributed by atoms with E-state index in [2.05, 4.69) is 10.6 Å². The van der Waals surface area contributed by atoms with Gasteiger partial charge in [0.1, 0.15) is 0 Å². The third-order valence-electron chi connectivity index (χ3n) is 1.95. The first-order valence-electron chi connectivity index (χ1n) is 3.38. The average Bonchev–Trinajstić information content (AvgIpc) is 2.35. The van der Waals surface area contributed by atoms with Crippen LogP contribution in [0.2, 0.25) is 0 Å². The predicted octanol–water partition coefficient (Wildman–Crippen LogP) is -0.630. The summed E-state index contributed by atoms with van der Waals surface area (Å²) < 4.78 is 0. The third kappa shape index (κ3) is 0.998. The molecule has 3 N–H and O–H groups in total. The van der Waals surface area contributed by atoms with Gasteiger partial charge in [-0.3, -0.25) is 10.6 Å². The Labute approximate surface area is 59.6 Å². The van der Waals surface area contributed by atoms with E-state index in [1.807, 2.05) is 0 Å². The van der Waals surface area contributed by atoms with Gasteiger partial charge >= 0.3 is 5.97 Å². The molecule has 4 nitrogen and oxygen atoms in total. The van der Waals surface area contributed by atoms with Crippen LogP contribution in [-0.2, 0) is 4.79 Å². The molecular formula is C6H12N2O2. The molecule has 10 heavy (non-hydrogen) atoms. The number of likely N-dealkylation sites (N-methyl/N-ethyl adjacent to an activating group) is 1. The zero-order valence-corrected chi connectivity index (χ0v) is 5.98. The molecule has 4 heteroatoms. The lowest BCUT2D eigenvalue weighted by atomic mass is 10.1. The van der Waals surface area contributed by atoms with Crippen LogP contribution < -0.4 is 10.6 Å². The molecule has 0 spiro atoms. The molecule has 0 saturated carbocycles.